The first-order valence-corrected chi connectivity index (χ1v) is 3.77. The van der Waals surface area contributed by atoms with E-state index in [1.54, 1.807) is 0 Å². The lowest BCUT2D eigenvalue weighted by Crippen LogP contribution is -1.67. The van der Waals surface area contributed by atoms with Gasteiger partial charge in [-0.3, -0.25) is 0 Å². The van der Waals surface area contributed by atoms with Crippen LogP contribution in [0, 0.1) is 0 Å². The van der Waals surface area contributed by atoms with Crippen LogP contribution in [0.4, 0.5) is 0 Å². The summed E-state index contributed by atoms with van der Waals surface area (Å²) in [7, 11) is 0. The van der Waals surface area contributed by atoms with Gasteiger partial charge in [-0.05, 0) is 19.3 Å². The van der Waals surface area contributed by atoms with Crippen molar-refractivity contribution in [3.05, 3.63) is 24.8 Å². The Morgan fingerprint density at radius 1 is 1.11 bits per heavy atom. The summed E-state index contributed by atoms with van der Waals surface area (Å²) in [5.74, 6) is 0.727. The molecule has 0 radical (unpaired) electrons. The second kappa shape index (κ2) is 7.77. The Balaban J connectivity index is 2.94. The molecule has 0 aliphatic heterocycles. The third-order valence-electron chi connectivity index (χ3n) is 0.980. The molecule has 52 valence electrons. The van der Waals surface area contributed by atoms with E-state index in [1.807, 2.05) is 6.08 Å². The van der Waals surface area contributed by atoms with Gasteiger partial charge in [0.15, 0.2) is 0 Å². The molecule has 0 aromatic carbocycles. The normalized spacial score (nSPS) is 10.3. The number of unbranched alkanes of at least 4 members (excludes halogenated alkanes) is 1. The Kier molecular flexibility index (Phi) is 7.57. The van der Waals surface area contributed by atoms with Gasteiger partial charge < -0.3 is 0 Å². The number of hydrogen-bond donors (Lipinski definition) is 0. The van der Waals surface area contributed by atoms with Gasteiger partial charge in [0.1, 0.15) is 0 Å². The molecular formula is C8H13Cl. The summed E-state index contributed by atoms with van der Waals surface area (Å²) < 4.78 is 0. The maximum Gasteiger partial charge on any atom is 0.0257 e. The minimum absolute atomic E-state index is 0.727. The average molecular weight is 145 g/mol. The Labute approximate surface area is 62.2 Å². The minimum Gasteiger partial charge on any atom is -0.126 e. The Hall–Kier alpha value is -0.230. The van der Waals surface area contributed by atoms with E-state index in [0.29, 0.717) is 0 Å². The van der Waals surface area contributed by atoms with Crippen LogP contribution in [0.25, 0.3) is 0 Å². The molecule has 1 heteroatoms. The largest absolute Gasteiger partial charge is 0.126 e. The van der Waals surface area contributed by atoms with Crippen molar-refractivity contribution in [2.75, 3.05) is 5.88 Å². The molecule has 0 amide bonds. The Morgan fingerprint density at radius 3 is 2.33 bits per heavy atom. The molecule has 0 aliphatic carbocycles. The zero-order valence-corrected chi connectivity index (χ0v) is 6.40. The van der Waals surface area contributed by atoms with E-state index in [-0.39, 0.29) is 0 Å². The van der Waals surface area contributed by atoms with Crippen molar-refractivity contribution in [3.8, 4) is 0 Å². The first-order chi connectivity index (χ1) is 4.41. The van der Waals surface area contributed by atoms with Crippen molar-refractivity contribution in [2.45, 2.75) is 19.3 Å². The second-order valence-corrected chi connectivity index (χ2v) is 2.19. The van der Waals surface area contributed by atoms with Crippen LogP contribution < -0.4 is 0 Å². The van der Waals surface area contributed by atoms with Gasteiger partial charge in [-0.25, -0.2) is 0 Å². The maximum atomic E-state index is 5.44. The van der Waals surface area contributed by atoms with E-state index in [9.17, 15) is 0 Å². The third-order valence-corrected chi connectivity index (χ3v) is 1.20. The van der Waals surface area contributed by atoms with E-state index in [2.05, 4.69) is 18.7 Å². The van der Waals surface area contributed by atoms with Gasteiger partial charge >= 0.3 is 0 Å². The molecule has 0 nitrogen and oxygen atoms in total. The fourth-order valence-corrected chi connectivity index (χ4v) is 0.639. The standard InChI is InChI=1S/C8H13Cl/c1-2-3-4-5-6-7-8-9/h2,5-6H,1,3-4,7-8H2. The van der Waals surface area contributed by atoms with Gasteiger partial charge in [-0.2, -0.15) is 0 Å². The molecule has 0 heterocycles. The predicted octanol–water partition coefficient (Wildman–Crippen LogP) is 3.14. The first-order valence-electron chi connectivity index (χ1n) is 3.23. The van der Waals surface area contributed by atoms with Gasteiger partial charge in [0.25, 0.3) is 0 Å². The number of rotatable bonds is 5. The molecule has 0 bridgehead atoms. The maximum absolute atomic E-state index is 5.44. The van der Waals surface area contributed by atoms with Gasteiger partial charge in [0.2, 0.25) is 0 Å². The molecule has 0 fully saturated rings. The lowest BCUT2D eigenvalue weighted by molar-refractivity contribution is 1.04. The van der Waals surface area contributed by atoms with E-state index >= 15 is 0 Å². The predicted molar refractivity (Wildman–Crippen MR) is 43.9 cm³/mol. The van der Waals surface area contributed by atoms with Gasteiger partial charge in [-0.1, -0.05) is 18.2 Å². The van der Waals surface area contributed by atoms with E-state index in [1.165, 1.54) is 0 Å². The van der Waals surface area contributed by atoms with Crippen molar-refractivity contribution in [3.63, 3.8) is 0 Å². The summed E-state index contributed by atoms with van der Waals surface area (Å²) in [6.07, 6.45) is 9.32. The van der Waals surface area contributed by atoms with Gasteiger partial charge in [0, 0.05) is 5.88 Å². The van der Waals surface area contributed by atoms with Crippen LogP contribution in [0.15, 0.2) is 24.8 Å². The molecule has 0 unspecified atom stereocenters. The van der Waals surface area contributed by atoms with Crippen molar-refractivity contribution in [2.24, 2.45) is 0 Å². The molecule has 0 atom stereocenters. The van der Waals surface area contributed by atoms with Crippen LogP contribution in [-0.2, 0) is 0 Å². The lowest BCUT2D eigenvalue weighted by atomic mass is 10.3. The fourth-order valence-electron chi connectivity index (χ4n) is 0.513. The number of hydrogen-bond acceptors (Lipinski definition) is 0. The molecular weight excluding hydrogens is 132 g/mol. The van der Waals surface area contributed by atoms with E-state index in [4.69, 9.17) is 11.6 Å². The van der Waals surface area contributed by atoms with Crippen molar-refractivity contribution in [1.82, 2.24) is 0 Å². The monoisotopic (exact) mass is 144 g/mol. The second-order valence-electron chi connectivity index (χ2n) is 1.82. The lowest BCUT2D eigenvalue weighted by Gasteiger charge is -1.83. The topological polar surface area (TPSA) is 0 Å². The Bertz CT molecular complexity index is 84.6. The molecule has 0 aromatic heterocycles. The highest BCUT2D eigenvalue weighted by atomic mass is 35.5. The summed E-state index contributed by atoms with van der Waals surface area (Å²) in [6, 6.07) is 0. The summed E-state index contributed by atoms with van der Waals surface area (Å²) in [5, 5.41) is 0. The highest BCUT2D eigenvalue weighted by molar-refractivity contribution is 6.17. The summed E-state index contributed by atoms with van der Waals surface area (Å²) in [6.45, 7) is 3.62. The van der Waals surface area contributed by atoms with Crippen molar-refractivity contribution in [1.29, 1.82) is 0 Å². The van der Waals surface area contributed by atoms with Gasteiger partial charge in [0.05, 0.1) is 0 Å². The van der Waals surface area contributed by atoms with Crippen LogP contribution >= 0.6 is 11.6 Å². The quantitative estimate of drug-likeness (QED) is 0.316. The fraction of sp³-hybridized carbons (Fsp3) is 0.500. The molecule has 0 aromatic rings. The summed E-state index contributed by atoms with van der Waals surface area (Å²) in [5.41, 5.74) is 0. The van der Waals surface area contributed by atoms with Crippen LogP contribution in [0.3, 0.4) is 0 Å². The number of halogens is 1. The molecule has 0 saturated carbocycles. The zero-order valence-electron chi connectivity index (χ0n) is 5.65. The molecule has 0 saturated heterocycles. The summed E-state index contributed by atoms with van der Waals surface area (Å²) in [4.78, 5) is 0. The molecule has 0 spiro atoms. The van der Waals surface area contributed by atoms with Crippen LogP contribution in [0.1, 0.15) is 19.3 Å². The molecule has 0 rings (SSSR count). The van der Waals surface area contributed by atoms with Gasteiger partial charge in [-0.15, -0.1) is 18.2 Å². The SMILES string of the molecule is C=CCCC=CCCCl. The summed E-state index contributed by atoms with van der Waals surface area (Å²) >= 11 is 5.44. The van der Waals surface area contributed by atoms with Crippen molar-refractivity contribution < 1.29 is 0 Å². The van der Waals surface area contributed by atoms with E-state index in [0.717, 1.165) is 25.1 Å². The zero-order chi connectivity index (χ0) is 6.95. The smallest absolute Gasteiger partial charge is 0.0257 e. The Morgan fingerprint density at radius 2 is 1.78 bits per heavy atom. The third kappa shape index (κ3) is 7.77. The molecule has 0 aliphatic rings. The van der Waals surface area contributed by atoms with E-state index < -0.39 is 0 Å². The van der Waals surface area contributed by atoms with Crippen molar-refractivity contribution >= 4 is 11.6 Å². The first kappa shape index (κ1) is 8.77. The minimum atomic E-state index is 0.727. The number of alkyl halides is 1. The number of allylic oxidation sites excluding steroid dienone is 3. The highest BCUT2D eigenvalue weighted by Gasteiger charge is 1.74. The van der Waals surface area contributed by atoms with Crippen LogP contribution in [0.2, 0.25) is 0 Å². The highest BCUT2D eigenvalue weighted by Crippen LogP contribution is 1.93. The molecule has 9 heavy (non-hydrogen) atoms. The van der Waals surface area contributed by atoms with Crippen LogP contribution in [0.5, 0.6) is 0 Å². The average Bonchev–Trinajstić information content (AvgIpc) is 1.89. The van der Waals surface area contributed by atoms with Crippen LogP contribution in [-0.4, -0.2) is 5.88 Å². The molecule has 0 N–H and O–H groups in total.